The first-order valence-electron chi connectivity index (χ1n) is 5.86. The molecule has 0 bridgehead atoms. The summed E-state index contributed by atoms with van der Waals surface area (Å²) >= 11 is 4.87. The maximum Gasteiger partial charge on any atom is 0.220 e. The average Bonchev–Trinajstić information content (AvgIpc) is 2.48. The molecular formula is C14H14N2O3S. The molecule has 0 fully saturated rings. The smallest absolute Gasteiger partial charge is 0.220 e. The molecule has 104 valence electrons. The molecule has 0 aliphatic carbocycles. The Morgan fingerprint density at radius 3 is 2.75 bits per heavy atom. The standard InChI is InChI=1S/C14H14N2O3S/c1-18-12-7-9(8-17)5-6-11(12)19-13-4-2-3-10(16-13)14(15)20/h2-7,17H,8H2,1H3,(H2,15,20). The predicted octanol–water partition coefficient (Wildman–Crippen LogP) is 2.01. The number of rotatable bonds is 5. The Hall–Kier alpha value is -2.18. The molecule has 0 aliphatic rings. The van der Waals surface area contributed by atoms with Crippen LogP contribution < -0.4 is 15.2 Å². The zero-order valence-electron chi connectivity index (χ0n) is 10.9. The summed E-state index contributed by atoms with van der Waals surface area (Å²) in [6.45, 7) is -0.0637. The van der Waals surface area contributed by atoms with Crippen molar-refractivity contribution in [3.8, 4) is 17.4 Å². The van der Waals surface area contributed by atoms with Gasteiger partial charge in [-0.05, 0) is 23.8 Å². The van der Waals surface area contributed by atoms with Gasteiger partial charge in [0.15, 0.2) is 11.5 Å². The van der Waals surface area contributed by atoms with E-state index < -0.39 is 0 Å². The summed E-state index contributed by atoms with van der Waals surface area (Å²) in [4.78, 5) is 4.40. The van der Waals surface area contributed by atoms with Gasteiger partial charge in [-0.3, -0.25) is 0 Å². The molecule has 3 N–H and O–H groups in total. The minimum absolute atomic E-state index is 0.0637. The van der Waals surface area contributed by atoms with Crippen molar-refractivity contribution in [2.24, 2.45) is 5.73 Å². The topological polar surface area (TPSA) is 77.6 Å². The Morgan fingerprint density at radius 2 is 2.10 bits per heavy atom. The molecule has 0 atom stereocenters. The van der Waals surface area contributed by atoms with Crippen LogP contribution in [0.4, 0.5) is 0 Å². The number of hydrogen-bond acceptors (Lipinski definition) is 5. The van der Waals surface area contributed by atoms with Crippen LogP contribution in [0.1, 0.15) is 11.3 Å². The van der Waals surface area contributed by atoms with Crippen molar-refractivity contribution in [3.63, 3.8) is 0 Å². The van der Waals surface area contributed by atoms with Gasteiger partial charge in [0.2, 0.25) is 5.88 Å². The van der Waals surface area contributed by atoms with E-state index in [0.29, 0.717) is 23.1 Å². The van der Waals surface area contributed by atoms with Crippen molar-refractivity contribution in [1.29, 1.82) is 0 Å². The number of thiocarbonyl (C=S) groups is 1. The summed E-state index contributed by atoms with van der Waals surface area (Å²) < 4.78 is 10.9. The van der Waals surface area contributed by atoms with E-state index >= 15 is 0 Å². The third kappa shape index (κ3) is 3.23. The molecule has 0 spiro atoms. The number of nitrogens with zero attached hydrogens (tertiary/aromatic N) is 1. The van der Waals surface area contributed by atoms with Gasteiger partial charge in [-0.15, -0.1) is 0 Å². The average molecular weight is 290 g/mol. The molecule has 6 heteroatoms. The number of ether oxygens (including phenoxy) is 2. The minimum Gasteiger partial charge on any atom is -0.493 e. The number of benzene rings is 1. The van der Waals surface area contributed by atoms with Crippen molar-refractivity contribution < 1.29 is 14.6 Å². The molecule has 2 aromatic rings. The minimum atomic E-state index is -0.0637. The van der Waals surface area contributed by atoms with Crippen molar-refractivity contribution in [2.75, 3.05) is 7.11 Å². The molecule has 2 rings (SSSR count). The number of aromatic nitrogens is 1. The first kappa shape index (κ1) is 14.2. The van der Waals surface area contributed by atoms with Crippen molar-refractivity contribution in [3.05, 3.63) is 47.7 Å². The number of nitrogens with two attached hydrogens (primary N) is 1. The van der Waals surface area contributed by atoms with E-state index in [4.69, 9.17) is 32.5 Å². The lowest BCUT2D eigenvalue weighted by molar-refractivity contribution is 0.280. The normalized spacial score (nSPS) is 10.1. The second kappa shape index (κ2) is 6.31. The number of aliphatic hydroxyl groups is 1. The molecule has 0 aliphatic heterocycles. The highest BCUT2D eigenvalue weighted by molar-refractivity contribution is 7.80. The van der Waals surface area contributed by atoms with Crippen molar-refractivity contribution in [1.82, 2.24) is 4.98 Å². The SMILES string of the molecule is COc1cc(CO)ccc1Oc1cccc(C(N)=S)n1. The van der Waals surface area contributed by atoms with Gasteiger partial charge in [-0.25, -0.2) is 4.98 Å². The Labute approximate surface area is 122 Å². The molecule has 0 radical (unpaired) electrons. The molecule has 0 unspecified atom stereocenters. The Morgan fingerprint density at radius 1 is 1.30 bits per heavy atom. The van der Waals surface area contributed by atoms with Gasteiger partial charge in [0.25, 0.3) is 0 Å². The molecule has 0 saturated carbocycles. The molecule has 1 aromatic heterocycles. The van der Waals surface area contributed by atoms with E-state index in [1.165, 1.54) is 7.11 Å². The lowest BCUT2D eigenvalue weighted by Gasteiger charge is -2.11. The predicted molar refractivity (Wildman–Crippen MR) is 79.1 cm³/mol. The van der Waals surface area contributed by atoms with Gasteiger partial charge in [0, 0.05) is 6.07 Å². The molecule has 0 amide bonds. The summed E-state index contributed by atoms with van der Waals surface area (Å²) in [5.74, 6) is 1.38. The zero-order valence-corrected chi connectivity index (χ0v) is 11.7. The van der Waals surface area contributed by atoms with E-state index in [0.717, 1.165) is 5.56 Å². The Bertz CT molecular complexity index is 632. The van der Waals surface area contributed by atoms with Crippen molar-refractivity contribution >= 4 is 17.2 Å². The van der Waals surface area contributed by atoms with Crippen LogP contribution in [0.25, 0.3) is 0 Å². The molecule has 20 heavy (non-hydrogen) atoms. The lowest BCUT2D eigenvalue weighted by Crippen LogP contribution is -2.11. The monoisotopic (exact) mass is 290 g/mol. The molecule has 5 nitrogen and oxygen atoms in total. The molecule has 0 saturated heterocycles. The van der Waals surface area contributed by atoms with Crippen LogP contribution in [0.15, 0.2) is 36.4 Å². The van der Waals surface area contributed by atoms with Crippen LogP contribution in [-0.4, -0.2) is 22.2 Å². The van der Waals surface area contributed by atoms with E-state index in [9.17, 15) is 0 Å². The largest absolute Gasteiger partial charge is 0.493 e. The maximum absolute atomic E-state index is 9.10. The Balaban J connectivity index is 2.29. The highest BCUT2D eigenvalue weighted by Crippen LogP contribution is 2.31. The number of hydrogen-bond donors (Lipinski definition) is 2. The van der Waals surface area contributed by atoms with Crippen LogP contribution >= 0.6 is 12.2 Å². The first-order valence-corrected chi connectivity index (χ1v) is 6.27. The van der Waals surface area contributed by atoms with Crippen LogP contribution in [0.5, 0.6) is 17.4 Å². The summed E-state index contributed by atoms with van der Waals surface area (Å²) in [5, 5.41) is 9.10. The van der Waals surface area contributed by atoms with Gasteiger partial charge in [0.05, 0.1) is 13.7 Å². The van der Waals surface area contributed by atoms with E-state index in [1.807, 2.05) is 0 Å². The fraction of sp³-hybridized carbons (Fsp3) is 0.143. The second-order valence-corrected chi connectivity index (χ2v) is 4.41. The van der Waals surface area contributed by atoms with Crippen molar-refractivity contribution in [2.45, 2.75) is 6.61 Å². The fourth-order valence-electron chi connectivity index (χ4n) is 1.62. The van der Waals surface area contributed by atoms with E-state index in [2.05, 4.69) is 4.98 Å². The number of aliphatic hydroxyl groups excluding tert-OH is 1. The Kier molecular flexibility index (Phi) is 4.49. The van der Waals surface area contributed by atoms with Gasteiger partial charge >= 0.3 is 0 Å². The van der Waals surface area contributed by atoms with Gasteiger partial charge in [0.1, 0.15) is 10.7 Å². The molecule has 1 aromatic carbocycles. The highest BCUT2D eigenvalue weighted by atomic mass is 32.1. The zero-order chi connectivity index (χ0) is 14.5. The van der Waals surface area contributed by atoms with E-state index in [1.54, 1.807) is 36.4 Å². The summed E-state index contributed by atoms with van der Waals surface area (Å²) in [6, 6.07) is 10.3. The van der Waals surface area contributed by atoms with Crippen LogP contribution in [0.2, 0.25) is 0 Å². The fourth-order valence-corrected chi connectivity index (χ4v) is 1.73. The third-order valence-electron chi connectivity index (χ3n) is 2.60. The summed E-state index contributed by atoms with van der Waals surface area (Å²) in [5.41, 5.74) is 6.76. The van der Waals surface area contributed by atoms with E-state index in [-0.39, 0.29) is 11.6 Å². The second-order valence-electron chi connectivity index (χ2n) is 3.97. The van der Waals surface area contributed by atoms with Gasteiger partial charge in [-0.1, -0.05) is 24.4 Å². The van der Waals surface area contributed by atoms with Gasteiger partial charge < -0.3 is 20.3 Å². The van der Waals surface area contributed by atoms with Crippen LogP contribution in [0.3, 0.4) is 0 Å². The summed E-state index contributed by atoms with van der Waals surface area (Å²) in [6.07, 6.45) is 0. The molecular weight excluding hydrogens is 276 g/mol. The van der Waals surface area contributed by atoms with Crippen LogP contribution in [-0.2, 0) is 6.61 Å². The summed E-state index contributed by atoms with van der Waals surface area (Å²) in [7, 11) is 1.53. The third-order valence-corrected chi connectivity index (χ3v) is 2.81. The number of pyridine rings is 1. The lowest BCUT2D eigenvalue weighted by atomic mass is 10.2. The maximum atomic E-state index is 9.10. The van der Waals surface area contributed by atoms with Gasteiger partial charge in [-0.2, -0.15) is 0 Å². The number of methoxy groups -OCH3 is 1. The molecule has 1 heterocycles. The first-order chi connectivity index (χ1) is 9.63. The quantitative estimate of drug-likeness (QED) is 0.820. The highest BCUT2D eigenvalue weighted by Gasteiger charge is 2.08. The van der Waals surface area contributed by atoms with Crippen LogP contribution in [0, 0.1) is 0 Å².